The van der Waals surface area contributed by atoms with Crippen LogP contribution in [0, 0.1) is 11.3 Å². The molecular weight excluding hydrogens is 291 g/mol. The molecule has 1 heterocycles. The Morgan fingerprint density at radius 1 is 1.35 bits per heavy atom. The van der Waals surface area contributed by atoms with Crippen molar-refractivity contribution in [1.29, 1.82) is 0 Å². The van der Waals surface area contributed by atoms with E-state index in [0.717, 1.165) is 28.7 Å². The molecule has 1 aliphatic heterocycles. The maximum absolute atomic E-state index is 6.33. The largest absolute Gasteiger partial charge is 0.329 e. The second-order valence-corrected chi connectivity index (χ2v) is 7.61. The van der Waals surface area contributed by atoms with Gasteiger partial charge in [0.1, 0.15) is 0 Å². The monoisotopic (exact) mass is 314 g/mol. The number of rotatable bonds is 3. The molecule has 1 saturated heterocycles. The van der Waals surface area contributed by atoms with Crippen molar-refractivity contribution in [2.24, 2.45) is 17.1 Å². The Bertz CT molecular complexity index is 468. The molecule has 0 aliphatic carbocycles. The summed E-state index contributed by atoms with van der Waals surface area (Å²) in [5, 5.41) is 1.47. The highest BCUT2D eigenvalue weighted by atomic mass is 35.5. The van der Waals surface area contributed by atoms with Gasteiger partial charge in [0.05, 0.1) is 0 Å². The number of hydrogen-bond donors (Lipinski definition) is 1. The highest BCUT2D eigenvalue weighted by Crippen LogP contribution is 2.38. The number of nitrogens with two attached hydrogens (primary N) is 1. The number of halogens is 2. The summed E-state index contributed by atoms with van der Waals surface area (Å²) in [5.74, 6) is 0.703. The van der Waals surface area contributed by atoms with Gasteiger partial charge in [-0.15, -0.1) is 0 Å². The van der Waals surface area contributed by atoms with Crippen LogP contribution in [0.25, 0.3) is 0 Å². The Balaban J connectivity index is 2.20. The summed E-state index contributed by atoms with van der Waals surface area (Å²) in [4.78, 5) is 2.45. The topological polar surface area (TPSA) is 29.3 Å². The minimum Gasteiger partial charge on any atom is -0.329 e. The van der Waals surface area contributed by atoms with E-state index >= 15 is 0 Å². The predicted octanol–water partition coefficient (Wildman–Crippen LogP) is 4.36. The van der Waals surface area contributed by atoms with Crippen LogP contribution >= 0.6 is 23.2 Å². The second kappa shape index (κ2) is 6.23. The summed E-state index contributed by atoms with van der Waals surface area (Å²) in [7, 11) is 0. The fourth-order valence-corrected chi connectivity index (χ4v) is 3.44. The van der Waals surface area contributed by atoms with E-state index in [2.05, 4.69) is 25.7 Å². The normalized spacial score (nSPS) is 22.2. The van der Waals surface area contributed by atoms with Crippen molar-refractivity contribution in [3.63, 3.8) is 0 Å². The molecule has 20 heavy (non-hydrogen) atoms. The molecule has 2 unspecified atom stereocenters. The lowest BCUT2D eigenvalue weighted by Crippen LogP contribution is -2.33. The third kappa shape index (κ3) is 3.48. The van der Waals surface area contributed by atoms with Crippen molar-refractivity contribution in [2.75, 3.05) is 19.6 Å². The zero-order chi connectivity index (χ0) is 14.9. The van der Waals surface area contributed by atoms with E-state index in [4.69, 9.17) is 28.9 Å². The van der Waals surface area contributed by atoms with Crippen molar-refractivity contribution in [1.82, 2.24) is 4.90 Å². The first-order valence-electron chi connectivity index (χ1n) is 7.22. The highest BCUT2D eigenvalue weighted by molar-refractivity contribution is 6.33. The Morgan fingerprint density at radius 3 is 2.60 bits per heavy atom. The van der Waals surface area contributed by atoms with Crippen LogP contribution in [-0.2, 0) is 0 Å². The molecule has 4 heteroatoms. The minimum absolute atomic E-state index is 0.161. The fourth-order valence-electron chi connectivity index (χ4n) is 3.02. The van der Waals surface area contributed by atoms with E-state index in [-0.39, 0.29) is 6.04 Å². The minimum atomic E-state index is 0.161. The summed E-state index contributed by atoms with van der Waals surface area (Å²) >= 11 is 12.4. The van der Waals surface area contributed by atoms with Gasteiger partial charge in [-0.2, -0.15) is 0 Å². The van der Waals surface area contributed by atoms with Crippen LogP contribution in [0.15, 0.2) is 18.2 Å². The van der Waals surface area contributed by atoms with Gasteiger partial charge in [-0.3, -0.25) is 4.90 Å². The van der Waals surface area contributed by atoms with E-state index in [1.165, 1.54) is 6.42 Å². The second-order valence-electron chi connectivity index (χ2n) is 6.76. The van der Waals surface area contributed by atoms with Crippen LogP contribution in [0.1, 0.15) is 38.8 Å². The Labute approximate surface area is 132 Å². The van der Waals surface area contributed by atoms with Gasteiger partial charge in [0.25, 0.3) is 0 Å². The molecule has 1 aliphatic rings. The lowest BCUT2D eigenvalue weighted by molar-refractivity contribution is 0.197. The van der Waals surface area contributed by atoms with E-state index in [0.29, 0.717) is 17.9 Å². The molecule has 0 amide bonds. The first-order valence-corrected chi connectivity index (χ1v) is 7.97. The quantitative estimate of drug-likeness (QED) is 0.898. The Kier molecular flexibility index (Phi) is 5.01. The van der Waals surface area contributed by atoms with Crippen molar-refractivity contribution in [2.45, 2.75) is 33.2 Å². The predicted molar refractivity (Wildman–Crippen MR) is 87.4 cm³/mol. The zero-order valence-corrected chi connectivity index (χ0v) is 14.0. The van der Waals surface area contributed by atoms with Gasteiger partial charge in [0, 0.05) is 29.2 Å². The van der Waals surface area contributed by atoms with Gasteiger partial charge in [0.15, 0.2) is 0 Å². The van der Waals surface area contributed by atoms with Gasteiger partial charge in [-0.1, -0.05) is 44.0 Å². The average molecular weight is 315 g/mol. The van der Waals surface area contributed by atoms with E-state index < -0.39 is 0 Å². The van der Waals surface area contributed by atoms with Crippen LogP contribution in [-0.4, -0.2) is 24.5 Å². The van der Waals surface area contributed by atoms with Crippen molar-refractivity contribution in [3.05, 3.63) is 33.8 Å². The summed E-state index contributed by atoms with van der Waals surface area (Å²) in [6.07, 6.45) is 1.22. The van der Waals surface area contributed by atoms with Crippen LogP contribution in [0.2, 0.25) is 10.0 Å². The van der Waals surface area contributed by atoms with Crippen molar-refractivity contribution in [3.8, 4) is 0 Å². The molecule has 1 aromatic rings. The van der Waals surface area contributed by atoms with Crippen LogP contribution < -0.4 is 5.73 Å². The molecule has 0 radical (unpaired) electrons. The van der Waals surface area contributed by atoms with E-state index in [1.54, 1.807) is 0 Å². The summed E-state index contributed by atoms with van der Waals surface area (Å²) < 4.78 is 0. The van der Waals surface area contributed by atoms with Gasteiger partial charge < -0.3 is 5.73 Å². The lowest BCUT2D eigenvalue weighted by atomic mass is 9.80. The summed E-state index contributed by atoms with van der Waals surface area (Å²) in [5.41, 5.74) is 7.41. The third-order valence-corrected chi connectivity index (χ3v) is 5.00. The van der Waals surface area contributed by atoms with Crippen molar-refractivity contribution >= 4 is 23.2 Å². The standard InChI is InChI=1S/C16H24Cl2N2/c1-16(2,3)11-6-7-20(10-11)15(9-19)13-8-12(17)4-5-14(13)18/h4-5,8,11,15H,6-7,9-10,19H2,1-3H3. The number of nitrogens with zero attached hydrogens (tertiary/aromatic N) is 1. The van der Waals surface area contributed by atoms with Gasteiger partial charge >= 0.3 is 0 Å². The molecule has 0 bridgehead atoms. The van der Waals surface area contributed by atoms with Crippen LogP contribution in [0.5, 0.6) is 0 Å². The van der Waals surface area contributed by atoms with E-state index in [9.17, 15) is 0 Å². The molecule has 2 atom stereocenters. The first-order chi connectivity index (χ1) is 9.32. The molecule has 112 valence electrons. The smallest absolute Gasteiger partial charge is 0.0485 e. The highest BCUT2D eigenvalue weighted by Gasteiger charge is 2.35. The molecule has 2 N–H and O–H groups in total. The average Bonchev–Trinajstić information content (AvgIpc) is 2.84. The van der Waals surface area contributed by atoms with Gasteiger partial charge in [-0.05, 0) is 48.1 Å². The molecule has 1 aromatic carbocycles. The van der Waals surface area contributed by atoms with E-state index in [1.807, 2.05) is 18.2 Å². The Morgan fingerprint density at radius 2 is 2.05 bits per heavy atom. The van der Waals surface area contributed by atoms with Crippen molar-refractivity contribution < 1.29 is 0 Å². The molecular formula is C16H24Cl2N2. The molecule has 2 nitrogen and oxygen atoms in total. The fraction of sp³-hybridized carbons (Fsp3) is 0.625. The molecule has 0 spiro atoms. The summed E-state index contributed by atoms with van der Waals surface area (Å²) in [6, 6.07) is 5.79. The Hall–Kier alpha value is -0.280. The van der Waals surface area contributed by atoms with Crippen LogP contribution in [0.3, 0.4) is 0 Å². The zero-order valence-electron chi connectivity index (χ0n) is 12.5. The lowest BCUT2D eigenvalue weighted by Gasteiger charge is -2.31. The SMILES string of the molecule is CC(C)(C)C1CCN(C(CN)c2cc(Cl)ccc2Cl)C1. The third-order valence-electron chi connectivity index (χ3n) is 4.43. The molecule has 0 saturated carbocycles. The first kappa shape index (κ1) is 16.1. The number of likely N-dealkylation sites (tertiary alicyclic amines) is 1. The summed E-state index contributed by atoms with van der Waals surface area (Å²) in [6.45, 7) is 9.65. The maximum Gasteiger partial charge on any atom is 0.0485 e. The maximum atomic E-state index is 6.33. The molecule has 0 aromatic heterocycles. The molecule has 2 rings (SSSR count). The van der Waals surface area contributed by atoms with Gasteiger partial charge in [0.2, 0.25) is 0 Å². The number of hydrogen-bond acceptors (Lipinski definition) is 2. The molecule has 1 fully saturated rings. The van der Waals surface area contributed by atoms with Crippen LogP contribution in [0.4, 0.5) is 0 Å². The van der Waals surface area contributed by atoms with Gasteiger partial charge in [-0.25, -0.2) is 0 Å². The number of benzene rings is 1.